The molecule has 3 rings (SSSR count). The van der Waals surface area contributed by atoms with Crippen molar-refractivity contribution in [3.05, 3.63) is 35.9 Å². The first-order valence-corrected chi connectivity index (χ1v) is 8.14. The molecule has 6 nitrogen and oxygen atoms in total. The predicted molar refractivity (Wildman–Crippen MR) is 82.5 cm³/mol. The summed E-state index contributed by atoms with van der Waals surface area (Å²) in [6.07, 6.45) is 0.308. The van der Waals surface area contributed by atoms with Gasteiger partial charge in [-0.25, -0.2) is 4.79 Å². The Morgan fingerprint density at radius 3 is 2.74 bits per heavy atom. The molecule has 1 aromatic carbocycles. The maximum Gasteiger partial charge on any atom is 0.410 e. The lowest BCUT2D eigenvalue weighted by Crippen LogP contribution is -2.50. The fraction of sp³-hybridized carbons (Fsp3) is 0.588. The first kappa shape index (κ1) is 16.2. The van der Waals surface area contributed by atoms with Crippen LogP contribution in [0.5, 0.6) is 0 Å². The average Bonchev–Trinajstić information content (AvgIpc) is 2.92. The molecule has 0 bridgehead atoms. The Kier molecular flexibility index (Phi) is 5.15. The Hall–Kier alpha value is -1.63. The number of nitrogens with zero attached hydrogens (tertiary/aromatic N) is 1. The summed E-state index contributed by atoms with van der Waals surface area (Å²) in [7, 11) is 0. The van der Waals surface area contributed by atoms with Crippen LogP contribution in [0.15, 0.2) is 30.3 Å². The average molecular weight is 321 g/mol. The van der Waals surface area contributed by atoms with E-state index in [0.29, 0.717) is 13.0 Å². The normalized spacial score (nSPS) is 31.1. The second-order valence-corrected chi connectivity index (χ2v) is 6.16. The zero-order valence-electron chi connectivity index (χ0n) is 13.0. The summed E-state index contributed by atoms with van der Waals surface area (Å²) in [6.45, 7) is 0.851. The molecule has 1 aromatic rings. The van der Waals surface area contributed by atoms with Gasteiger partial charge in [0.2, 0.25) is 0 Å². The molecule has 4 atom stereocenters. The molecular formula is C17H23NO5. The van der Waals surface area contributed by atoms with Gasteiger partial charge >= 0.3 is 6.09 Å². The van der Waals surface area contributed by atoms with Gasteiger partial charge in [0, 0.05) is 13.0 Å². The number of piperidine rings is 1. The van der Waals surface area contributed by atoms with Gasteiger partial charge in [-0.05, 0) is 24.8 Å². The van der Waals surface area contributed by atoms with Crippen LogP contribution in [0.4, 0.5) is 4.79 Å². The number of hydrogen-bond acceptors (Lipinski definition) is 5. The van der Waals surface area contributed by atoms with Crippen LogP contribution in [0.2, 0.25) is 0 Å². The van der Waals surface area contributed by atoms with E-state index in [-0.39, 0.29) is 24.8 Å². The molecule has 2 aliphatic heterocycles. The van der Waals surface area contributed by atoms with E-state index in [0.717, 1.165) is 24.8 Å². The summed E-state index contributed by atoms with van der Waals surface area (Å²) in [5.74, 6) is 0. The molecule has 2 N–H and O–H groups in total. The fourth-order valence-corrected chi connectivity index (χ4v) is 3.30. The van der Waals surface area contributed by atoms with Crippen LogP contribution in [-0.4, -0.2) is 52.3 Å². The number of ether oxygens (including phenoxy) is 2. The number of rotatable bonds is 3. The number of carbonyl (C=O) groups excluding carboxylic acids is 1. The van der Waals surface area contributed by atoms with E-state index in [9.17, 15) is 15.0 Å². The van der Waals surface area contributed by atoms with E-state index < -0.39 is 12.4 Å². The van der Waals surface area contributed by atoms with Gasteiger partial charge in [-0.15, -0.1) is 0 Å². The van der Waals surface area contributed by atoms with Crippen LogP contribution in [0, 0.1) is 0 Å². The maximum absolute atomic E-state index is 12.4. The summed E-state index contributed by atoms with van der Waals surface area (Å²) >= 11 is 0. The Bertz CT molecular complexity index is 513. The number of aliphatic hydroxyl groups is 2. The van der Waals surface area contributed by atoms with E-state index in [1.54, 1.807) is 4.90 Å². The molecule has 6 heteroatoms. The predicted octanol–water partition coefficient (Wildman–Crippen LogP) is 1.65. The number of likely N-dealkylation sites (tertiary alicyclic amines) is 1. The van der Waals surface area contributed by atoms with E-state index in [1.165, 1.54) is 0 Å². The van der Waals surface area contributed by atoms with Gasteiger partial charge in [0.25, 0.3) is 0 Å². The molecule has 23 heavy (non-hydrogen) atoms. The summed E-state index contributed by atoms with van der Waals surface area (Å²) < 4.78 is 10.8. The van der Waals surface area contributed by atoms with Crippen molar-refractivity contribution < 1.29 is 24.5 Å². The lowest BCUT2D eigenvalue weighted by Gasteiger charge is -2.37. The van der Waals surface area contributed by atoms with Crippen LogP contribution in [-0.2, 0) is 16.1 Å². The van der Waals surface area contributed by atoms with Crippen molar-refractivity contribution in [2.24, 2.45) is 0 Å². The standard InChI is InChI=1S/C17H23NO5/c19-14-10-15(23-16(14)20)13-8-4-5-9-18(13)17(21)22-11-12-6-2-1-3-7-12/h1-3,6-7,13-16,19-20H,4-5,8-11H2/t13-,14+,15-,16?/m0/s1. The Morgan fingerprint density at radius 1 is 1.26 bits per heavy atom. The second-order valence-electron chi connectivity index (χ2n) is 6.16. The molecular weight excluding hydrogens is 298 g/mol. The number of hydrogen-bond donors (Lipinski definition) is 2. The molecule has 1 unspecified atom stereocenters. The molecule has 0 spiro atoms. The van der Waals surface area contributed by atoms with Gasteiger partial charge in [0.05, 0.1) is 12.1 Å². The Labute approximate surface area is 135 Å². The van der Waals surface area contributed by atoms with Crippen molar-refractivity contribution in [2.75, 3.05) is 6.54 Å². The molecule has 0 aromatic heterocycles. The highest BCUT2D eigenvalue weighted by atomic mass is 16.6. The van der Waals surface area contributed by atoms with Crippen LogP contribution in [0.1, 0.15) is 31.2 Å². The summed E-state index contributed by atoms with van der Waals surface area (Å²) in [6, 6.07) is 9.39. The molecule has 2 fully saturated rings. The zero-order valence-corrected chi connectivity index (χ0v) is 13.0. The van der Waals surface area contributed by atoms with Gasteiger partial charge in [0.15, 0.2) is 6.29 Å². The SMILES string of the molecule is O=C(OCc1ccccc1)N1CCCC[C@H]1[C@@H]1C[C@@H](O)C(O)O1. The van der Waals surface area contributed by atoms with E-state index in [1.807, 2.05) is 30.3 Å². The molecule has 2 heterocycles. The van der Waals surface area contributed by atoms with Crippen LogP contribution in [0.3, 0.4) is 0 Å². The third-order valence-corrected chi connectivity index (χ3v) is 4.54. The highest BCUT2D eigenvalue weighted by Crippen LogP contribution is 2.30. The van der Waals surface area contributed by atoms with Crippen molar-refractivity contribution in [2.45, 2.75) is 56.8 Å². The molecule has 0 saturated carbocycles. The largest absolute Gasteiger partial charge is 0.445 e. The third kappa shape index (κ3) is 3.83. The molecule has 1 amide bonds. The van der Waals surface area contributed by atoms with E-state index in [4.69, 9.17) is 9.47 Å². The van der Waals surface area contributed by atoms with Gasteiger partial charge in [-0.1, -0.05) is 30.3 Å². The van der Waals surface area contributed by atoms with Crippen LogP contribution >= 0.6 is 0 Å². The van der Waals surface area contributed by atoms with Crippen molar-refractivity contribution >= 4 is 6.09 Å². The Balaban J connectivity index is 1.60. The minimum atomic E-state index is -1.16. The van der Waals surface area contributed by atoms with Crippen molar-refractivity contribution in [1.82, 2.24) is 4.90 Å². The molecule has 126 valence electrons. The minimum absolute atomic E-state index is 0.154. The quantitative estimate of drug-likeness (QED) is 0.885. The van der Waals surface area contributed by atoms with Gasteiger partial charge in [0.1, 0.15) is 12.7 Å². The first-order valence-electron chi connectivity index (χ1n) is 8.14. The number of carbonyl (C=O) groups is 1. The van der Waals surface area contributed by atoms with E-state index >= 15 is 0 Å². The zero-order chi connectivity index (χ0) is 16.2. The number of benzene rings is 1. The molecule has 2 saturated heterocycles. The lowest BCUT2D eigenvalue weighted by atomic mass is 9.95. The summed E-state index contributed by atoms with van der Waals surface area (Å²) in [5, 5.41) is 19.2. The van der Waals surface area contributed by atoms with Gasteiger partial charge < -0.3 is 24.6 Å². The first-order chi connectivity index (χ1) is 11.1. The van der Waals surface area contributed by atoms with Crippen molar-refractivity contribution in [1.29, 1.82) is 0 Å². The summed E-state index contributed by atoms with van der Waals surface area (Å²) in [5.41, 5.74) is 0.942. The highest BCUT2D eigenvalue weighted by Gasteiger charge is 2.42. The smallest absolute Gasteiger partial charge is 0.410 e. The molecule has 0 radical (unpaired) electrons. The second kappa shape index (κ2) is 7.29. The fourth-order valence-electron chi connectivity index (χ4n) is 3.30. The number of amides is 1. The maximum atomic E-state index is 12.4. The summed E-state index contributed by atoms with van der Waals surface area (Å²) in [4.78, 5) is 14.1. The lowest BCUT2D eigenvalue weighted by molar-refractivity contribution is -0.140. The molecule has 2 aliphatic rings. The van der Waals surface area contributed by atoms with Crippen molar-refractivity contribution in [3.8, 4) is 0 Å². The Morgan fingerprint density at radius 2 is 2.04 bits per heavy atom. The minimum Gasteiger partial charge on any atom is -0.445 e. The van der Waals surface area contributed by atoms with Crippen LogP contribution in [0.25, 0.3) is 0 Å². The van der Waals surface area contributed by atoms with Gasteiger partial charge in [-0.3, -0.25) is 0 Å². The van der Waals surface area contributed by atoms with Gasteiger partial charge in [-0.2, -0.15) is 0 Å². The number of aliphatic hydroxyl groups excluding tert-OH is 2. The van der Waals surface area contributed by atoms with Crippen LogP contribution < -0.4 is 0 Å². The van der Waals surface area contributed by atoms with Crippen molar-refractivity contribution in [3.63, 3.8) is 0 Å². The monoisotopic (exact) mass is 321 g/mol. The van der Waals surface area contributed by atoms with E-state index in [2.05, 4.69) is 0 Å². The third-order valence-electron chi connectivity index (χ3n) is 4.54. The molecule has 0 aliphatic carbocycles. The topological polar surface area (TPSA) is 79.2 Å². The highest BCUT2D eigenvalue weighted by molar-refractivity contribution is 5.68.